The molecule has 1 rings (SSSR count). The fraction of sp³-hybridized carbons (Fsp3) is 0.529. The molecule has 25 heavy (non-hydrogen) atoms. The molecule has 0 spiro atoms. The van der Waals surface area contributed by atoms with Crippen molar-refractivity contribution in [1.29, 1.82) is 0 Å². The summed E-state index contributed by atoms with van der Waals surface area (Å²) in [5, 5.41) is 2.52. The number of unbranched alkanes of at least 4 members (excludes halogenated alkanes) is 1. The van der Waals surface area contributed by atoms with Crippen molar-refractivity contribution in [2.24, 2.45) is 0 Å². The summed E-state index contributed by atoms with van der Waals surface area (Å²) in [6, 6.07) is 5.92. The Balaban J connectivity index is 2.92. The van der Waals surface area contributed by atoms with Gasteiger partial charge in [0.1, 0.15) is 6.04 Å². The highest BCUT2D eigenvalue weighted by Gasteiger charge is 2.25. The van der Waals surface area contributed by atoms with Gasteiger partial charge in [-0.3, -0.25) is 9.35 Å². The second kappa shape index (κ2) is 10.1. The maximum atomic E-state index is 12.5. The lowest BCUT2D eigenvalue weighted by Gasteiger charge is -2.18. The molecule has 0 saturated heterocycles. The number of carbonyl (C=O) groups is 2. The van der Waals surface area contributed by atoms with Gasteiger partial charge in [0.15, 0.2) is 0 Å². The largest absolute Gasteiger partial charge is 0.464 e. The minimum absolute atomic E-state index is 0.101. The summed E-state index contributed by atoms with van der Waals surface area (Å²) in [4.78, 5) is 24.5. The van der Waals surface area contributed by atoms with Crippen molar-refractivity contribution in [3.63, 3.8) is 0 Å². The quantitative estimate of drug-likeness (QED) is 0.481. The Labute approximate surface area is 148 Å². The van der Waals surface area contributed by atoms with Crippen LogP contribution >= 0.6 is 0 Å². The van der Waals surface area contributed by atoms with Gasteiger partial charge < -0.3 is 10.1 Å². The number of amides is 1. The van der Waals surface area contributed by atoms with Crippen LogP contribution in [0.2, 0.25) is 0 Å². The summed E-state index contributed by atoms with van der Waals surface area (Å²) in [7, 11) is -4.25. The van der Waals surface area contributed by atoms with Crippen LogP contribution < -0.4 is 5.32 Å². The Morgan fingerprint density at radius 1 is 1.24 bits per heavy atom. The summed E-state index contributed by atoms with van der Waals surface area (Å²) < 4.78 is 35.6. The Bertz CT molecular complexity index is 686. The highest BCUT2D eigenvalue weighted by molar-refractivity contribution is 7.85. The van der Waals surface area contributed by atoms with Gasteiger partial charge in [-0.2, -0.15) is 8.42 Å². The maximum absolute atomic E-state index is 12.5. The van der Waals surface area contributed by atoms with Crippen molar-refractivity contribution < 1.29 is 27.3 Å². The van der Waals surface area contributed by atoms with Crippen molar-refractivity contribution in [2.75, 3.05) is 12.4 Å². The normalized spacial score (nSPS) is 12.4. The van der Waals surface area contributed by atoms with Gasteiger partial charge in [0.25, 0.3) is 16.0 Å². The molecular weight excluding hydrogens is 346 g/mol. The zero-order valence-electron chi connectivity index (χ0n) is 14.5. The summed E-state index contributed by atoms with van der Waals surface area (Å²) in [5.41, 5.74) is 1.30. The SMILES string of the molecule is CCCCc1ccccc1C(=O)N[C@@H](CCS(=O)(=O)O)C(=O)OCC. The Kier molecular flexibility index (Phi) is 8.57. The van der Waals surface area contributed by atoms with Gasteiger partial charge in [0.2, 0.25) is 0 Å². The van der Waals surface area contributed by atoms with Gasteiger partial charge in [-0.15, -0.1) is 0 Å². The first-order valence-corrected chi connectivity index (χ1v) is 9.90. The van der Waals surface area contributed by atoms with E-state index in [1.54, 1.807) is 19.1 Å². The fourth-order valence-electron chi connectivity index (χ4n) is 2.32. The van der Waals surface area contributed by atoms with E-state index in [2.05, 4.69) is 12.2 Å². The van der Waals surface area contributed by atoms with E-state index in [1.165, 1.54) is 0 Å². The molecular formula is C17H25NO6S. The van der Waals surface area contributed by atoms with Crippen LogP contribution in [-0.4, -0.2) is 43.2 Å². The monoisotopic (exact) mass is 371 g/mol. The number of carbonyl (C=O) groups excluding carboxylic acids is 2. The minimum Gasteiger partial charge on any atom is -0.464 e. The molecule has 0 bridgehead atoms. The number of ether oxygens (including phenoxy) is 1. The van der Waals surface area contributed by atoms with Crippen LogP contribution in [-0.2, 0) is 26.1 Å². The van der Waals surface area contributed by atoms with Crippen LogP contribution in [0.1, 0.15) is 49.0 Å². The molecule has 0 saturated carbocycles. The fourth-order valence-corrected chi connectivity index (χ4v) is 2.86. The number of nitrogens with one attached hydrogen (secondary N) is 1. The lowest BCUT2D eigenvalue weighted by Crippen LogP contribution is -2.43. The van der Waals surface area contributed by atoms with E-state index in [0.29, 0.717) is 5.56 Å². The minimum atomic E-state index is -4.25. The predicted molar refractivity (Wildman–Crippen MR) is 94.0 cm³/mol. The predicted octanol–water partition coefficient (Wildman–Crippen LogP) is 1.97. The van der Waals surface area contributed by atoms with Crippen molar-refractivity contribution in [3.8, 4) is 0 Å². The van der Waals surface area contributed by atoms with Crippen LogP contribution in [0.3, 0.4) is 0 Å². The van der Waals surface area contributed by atoms with Crippen LogP contribution in [0.4, 0.5) is 0 Å². The van der Waals surface area contributed by atoms with E-state index in [9.17, 15) is 18.0 Å². The Hall–Kier alpha value is -1.93. The zero-order chi connectivity index (χ0) is 18.9. The summed E-state index contributed by atoms with van der Waals surface area (Å²) in [5.74, 6) is -1.85. The summed E-state index contributed by atoms with van der Waals surface area (Å²) in [6.07, 6.45) is 2.37. The third-order valence-electron chi connectivity index (χ3n) is 3.60. The van der Waals surface area contributed by atoms with E-state index in [1.807, 2.05) is 12.1 Å². The molecule has 1 aromatic carbocycles. The molecule has 140 valence electrons. The van der Waals surface area contributed by atoms with Gasteiger partial charge in [0, 0.05) is 5.56 Å². The highest BCUT2D eigenvalue weighted by atomic mass is 32.2. The van der Waals surface area contributed by atoms with Gasteiger partial charge >= 0.3 is 5.97 Å². The second-order valence-electron chi connectivity index (χ2n) is 5.61. The van der Waals surface area contributed by atoms with Crippen LogP contribution in [0, 0.1) is 0 Å². The first-order valence-electron chi connectivity index (χ1n) is 8.29. The average molecular weight is 371 g/mol. The molecule has 0 aliphatic rings. The van der Waals surface area contributed by atoms with Crippen molar-refractivity contribution >= 4 is 22.0 Å². The lowest BCUT2D eigenvalue weighted by atomic mass is 10.0. The van der Waals surface area contributed by atoms with Crippen LogP contribution in [0.25, 0.3) is 0 Å². The molecule has 2 N–H and O–H groups in total. The van der Waals surface area contributed by atoms with E-state index >= 15 is 0 Å². The standard InChI is InChI=1S/C17H25NO6S/c1-3-5-8-13-9-6-7-10-14(13)16(19)18-15(17(20)24-4-2)11-12-25(21,22)23/h6-7,9-10,15H,3-5,8,11-12H2,1-2H3,(H,18,19)(H,21,22,23)/t15-/m0/s1. The molecule has 1 atom stereocenters. The molecule has 1 aromatic rings. The van der Waals surface area contributed by atoms with Crippen molar-refractivity contribution in [2.45, 2.75) is 45.6 Å². The molecule has 0 radical (unpaired) electrons. The number of hydrogen-bond acceptors (Lipinski definition) is 5. The van der Waals surface area contributed by atoms with E-state index < -0.39 is 33.8 Å². The van der Waals surface area contributed by atoms with Crippen LogP contribution in [0.5, 0.6) is 0 Å². The third kappa shape index (κ3) is 7.66. The first-order chi connectivity index (χ1) is 11.8. The number of rotatable bonds is 10. The van der Waals surface area contributed by atoms with Crippen molar-refractivity contribution in [1.82, 2.24) is 5.32 Å². The molecule has 0 aliphatic heterocycles. The van der Waals surface area contributed by atoms with Gasteiger partial charge in [-0.25, -0.2) is 4.79 Å². The lowest BCUT2D eigenvalue weighted by molar-refractivity contribution is -0.145. The molecule has 8 heteroatoms. The Morgan fingerprint density at radius 3 is 2.52 bits per heavy atom. The number of hydrogen-bond donors (Lipinski definition) is 2. The van der Waals surface area contributed by atoms with Crippen LogP contribution in [0.15, 0.2) is 24.3 Å². The average Bonchev–Trinajstić information content (AvgIpc) is 2.56. The molecule has 7 nitrogen and oxygen atoms in total. The van der Waals surface area contributed by atoms with Gasteiger partial charge in [-0.05, 0) is 37.8 Å². The highest BCUT2D eigenvalue weighted by Crippen LogP contribution is 2.13. The van der Waals surface area contributed by atoms with E-state index in [0.717, 1.165) is 24.8 Å². The third-order valence-corrected chi connectivity index (χ3v) is 4.35. The Morgan fingerprint density at radius 2 is 1.92 bits per heavy atom. The molecule has 0 unspecified atom stereocenters. The zero-order valence-corrected chi connectivity index (χ0v) is 15.3. The number of esters is 1. The first kappa shape index (κ1) is 21.1. The smallest absolute Gasteiger partial charge is 0.328 e. The molecule has 0 fully saturated rings. The van der Waals surface area contributed by atoms with E-state index in [4.69, 9.17) is 9.29 Å². The van der Waals surface area contributed by atoms with Crippen molar-refractivity contribution in [3.05, 3.63) is 35.4 Å². The molecule has 1 amide bonds. The van der Waals surface area contributed by atoms with E-state index in [-0.39, 0.29) is 13.0 Å². The summed E-state index contributed by atoms with van der Waals surface area (Å²) >= 11 is 0. The maximum Gasteiger partial charge on any atom is 0.328 e. The number of aryl methyl sites for hydroxylation is 1. The molecule has 0 aliphatic carbocycles. The van der Waals surface area contributed by atoms with Gasteiger partial charge in [0.05, 0.1) is 12.4 Å². The molecule has 0 heterocycles. The molecule has 0 aromatic heterocycles. The topological polar surface area (TPSA) is 110 Å². The number of benzene rings is 1. The summed E-state index contributed by atoms with van der Waals surface area (Å²) in [6.45, 7) is 3.76. The van der Waals surface area contributed by atoms with Gasteiger partial charge in [-0.1, -0.05) is 31.5 Å². The second-order valence-corrected chi connectivity index (χ2v) is 7.19.